The summed E-state index contributed by atoms with van der Waals surface area (Å²) in [5.74, 6) is 0.272. The molecule has 0 spiro atoms. The van der Waals surface area contributed by atoms with Crippen LogP contribution < -0.4 is 5.32 Å². The number of aryl methyl sites for hydroxylation is 1. The summed E-state index contributed by atoms with van der Waals surface area (Å²) in [6, 6.07) is 7.63. The van der Waals surface area contributed by atoms with Gasteiger partial charge in [-0.25, -0.2) is 9.37 Å². The fraction of sp³-hybridized carbons (Fsp3) is 0.455. The highest BCUT2D eigenvalue weighted by molar-refractivity contribution is 5.98. The fourth-order valence-electron chi connectivity index (χ4n) is 3.91. The van der Waals surface area contributed by atoms with Gasteiger partial charge in [0.05, 0.1) is 6.20 Å². The first-order valence-electron chi connectivity index (χ1n) is 10.3. The van der Waals surface area contributed by atoms with Gasteiger partial charge in [0.1, 0.15) is 11.5 Å². The van der Waals surface area contributed by atoms with Gasteiger partial charge in [-0.1, -0.05) is 31.2 Å². The van der Waals surface area contributed by atoms with Crippen LogP contribution in [-0.2, 0) is 11.8 Å². The maximum Gasteiger partial charge on any atom is 0.263 e. The first kappa shape index (κ1) is 20.4. The number of amides is 1. The highest BCUT2D eigenvalue weighted by Crippen LogP contribution is 2.29. The molecule has 0 bridgehead atoms. The summed E-state index contributed by atoms with van der Waals surface area (Å²) in [5, 5.41) is 12.6. The third-order valence-electron chi connectivity index (χ3n) is 5.54. The third kappa shape index (κ3) is 4.33. The van der Waals surface area contributed by atoms with Gasteiger partial charge >= 0.3 is 0 Å². The number of carbonyl (C=O) groups excluding carboxylic acids is 1. The van der Waals surface area contributed by atoms with Gasteiger partial charge in [0.15, 0.2) is 5.67 Å². The molecule has 3 aromatic rings. The van der Waals surface area contributed by atoms with E-state index in [0.29, 0.717) is 24.8 Å². The lowest BCUT2D eigenvalue weighted by Gasteiger charge is -2.36. The third-order valence-corrected chi connectivity index (χ3v) is 5.54. The molecule has 4 rings (SSSR count). The summed E-state index contributed by atoms with van der Waals surface area (Å²) in [6.45, 7) is 6.40. The molecule has 0 radical (unpaired) electrons. The van der Waals surface area contributed by atoms with Crippen molar-refractivity contribution in [2.24, 2.45) is 13.0 Å². The van der Waals surface area contributed by atoms with Gasteiger partial charge in [0, 0.05) is 56.7 Å². The highest BCUT2D eigenvalue weighted by Gasteiger charge is 2.41. The molecule has 30 heavy (non-hydrogen) atoms. The van der Waals surface area contributed by atoms with Crippen LogP contribution >= 0.6 is 0 Å². The zero-order valence-corrected chi connectivity index (χ0v) is 17.6. The molecule has 1 saturated heterocycles. The van der Waals surface area contributed by atoms with Gasteiger partial charge in [-0.15, -0.1) is 5.10 Å². The van der Waals surface area contributed by atoms with Crippen LogP contribution in [0.4, 0.5) is 10.2 Å². The second-order valence-electron chi connectivity index (χ2n) is 8.52. The van der Waals surface area contributed by atoms with Crippen LogP contribution in [-0.4, -0.2) is 56.1 Å². The Bertz CT molecular complexity index is 1050. The normalized spacial score (nSPS) is 16.8. The summed E-state index contributed by atoms with van der Waals surface area (Å²) in [4.78, 5) is 19.2. The molecule has 1 fully saturated rings. The van der Waals surface area contributed by atoms with Crippen molar-refractivity contribution in [1.82, 2.24) is 24.9 Å². The van der Waals surface area contributed by atoms with E-state index in [0.717, 1.165) is 28.6 Å². The van der Waals surface area contributed by atoms with Crippen LogP contribution in [0, 0.1) is 5.92 Å². The number of carbonyl (C=O) groups is 1. The summed E-state index contributed by atoms with van der Waals surface area (Å²) in [6.07, 6.45) is 3.93. The number of hydrogen-bond donors (Lipinski definition) is 1. The molecule has 1 amide bonds. The molecule has 0 unspecified atom stereocenters. The molecule has 1 N–H and O–H groups in total. The van der Waals surface area contributed by atoms with Gasteiger partial charge in [-0.05, 0) is 23.4 Å². The number of piperidine rings is 1. The average molecular weight is 410 g/mol. The average Bonchev–Trinajstić information content (AvgIpc) is 3.15. The van der Waals surface area contributed by atoms with E-state index in [9.17, 15) is 4.79 Å². The lowest BCUT2D eigenvalue weighted by atomic mass is 9.92. The minimum atomic E-state index is -1.86. The smallest absolute Gasteiger partial charge is 0.263 e. The van der Waals surface area contributed by atoms with E-state index in [1.54, 1.807) is 16.9 Å². The summed E-state index contributed by atoms with van der Waals surface area (Å²) < 4.78 is 16.9. The number of alkyl halides is 1. The Balaban J connectivity index is 1.48. The van der Waals surface area contributed by atoms with Crippen LogP contribution in [0.5, 0.6) is 0 Å². The Kier molecular flexibility index (Phi) is 5.51. The molecule has 0 saturated carbocycles. The monoisotopic (exact) mass is 410 g/mol. The van der Waals surface area contributed by atoms with Crippen molar-refractivity contribution in [2.45, 2.75) is 32.4 Å². The minimum absolute atomic E-state index is 0.204. The molecule has 0 aliphatic carbocycles. The number of hydrogen-bond acceptors (Lipinski definition) is 5. The number of pyridine rings is 1. The number of fused-ring (bicyclic) bond motifs is 1. The molecule has 1 aliphatic heterocycles. The van der Waals surface area contributed by atoms with Gasteiger partial charge in [-0.2, -0.15) is 0 Å². The molecule has 7 nitrogen and oxygen atoms in total. The lowest BCUT2D eigenvalue weighted by molar-refractivity contribution is -0.130. The number of nitrogens with one attached hydrogen (secondary N) is 1. The van der Waals surface area contributed by atoms with Crippen molar-refractivity contribution >= 4 is 22.5 Å². The predicted molar refractivity (Wildman–Crippen MR) is 115 cm³/mol. The topological polar surface area (TPSA) is 75.9 Å². The van der Waals surface area contributed by atoms with Crippen molar-refractivity contribution < 1.29 is 9.18 Å². The lowest BCUT2D eigenvalue weighted by Crippen LogP contribution is -2.49. The van der Waals surface area contributed by atoms with Gasteiger partial charge in [-0.3, -0.25) is 9.48 Å². The molecule has 0 atom stereocenters. The van der Waals surface area contributed by atoms with E-state index in [2.05, 4.69) is 39.4 Å². The van der Waals surface area contributed by atoms with Crippen LogP contribution in [0.2, 0.25) is 0 Å². The zero-order chi connectivity index (χ0) is 21.3. The maximum atomic E-state index is 15.3. The number of benzene rings is 1. The Hall–Kier alpha value is -2.87. The van der Waals surface area contributed by atoms with Crippen molar-refractivity contribution in [3.8, 4) is 11.3 Å². The van der Waals surface area contributed by atoms with Crippen molar-refractivity contribution in [2.75, 3.05) is 25.0 Å². The summed E-state index contributed by atoms with van der Waals surface area (Å²) >= 11 is 0. The van der Waals surface area contributed by atoms with Crippen molar-refractivity contribution in [3.63, 3.8) is 0 Å². The molecule has 1 aromatic carbocycles. The number of rotatable bonds is 5. The zero-order valence-electron chi connectivity index (χ0n) is 17.6. The largest absolute Gasteiger partial charge is 0.308 e. The van der Waals surface area contributed by atoms with E-state index in [-0.39, 0.29) is 12.8 Å². The Morgan fingerprint density at radius 2 is 2.00 bits per heavy atom. The van der Waals surface area contributed by atoms with E-state index in [1.165, 1.54) is 0 Å². The summed E-state index contributed by atoms with van der Waals surface area (Å²) in [7, 11) is 1.81. The second-order valence-corrected chi connectivity index (χ2v) is 8.52. The predicted octanol–water partition coefficient (Wildman–Crippen LogP) is 3.43. The molecule has 2 aromatic heterocycles. The molecule has 3 heterocycles. The number of likely N-dealkylation sites (tertiary alicyclic amines) is 1. The van der Waals surface area contributed by atoms with Gasteiger partial charge < -0.3 is 10.2 Å². The Morgan fingerprint density at radius 1 is 1.23 bits per heavy atom. The van der Waals surface area contributed by atoms with Gasteiger partial charge in [0.25, 0.3) is 5.91 Å². The van der Waals surface area contributed by atoms with E-state index >= 15 is 4.39 Å². The molecule has 1 aliphatic rings. The number of halogens is 1. The first-order valence-corrected chi connectivity index (χ1v) is 10.3. The standard InChI is InChI=1S/C22H27FN6O/c1-15(2)13-29-8-6-22(23,7-9-29)21(30)25-20-11-18-10-16(4-5-17(18)12-24-20)19-14-28(3)27-26-19/h4-5,10-12,14-15H,6-9,13H2,1-3H3,(H,24,25,30). The maximum absolute atomic E-state index is 15.3. The van der Waals surface area contributed by atoms with E-state index < -0.39 is 11.6 Å². The van der Waals surface area contributed by atoms with Crippen LogP contribution in [0.25, 0.3) is 22.0 Å². The first-order chi connectivity index (χ1) is 14.3. The highest BCUT2D eigenvalue weighted by atomic mass is 19.1. The molecular weight excluding hydrogens is 383 g/mol. The SMILES string of the molecule is CC(C)CN1CCC(F)(C(=O)Nc2cc3cc(-c4cn(C)nn4)ccc3cn2)CC1. The van der Waals surface area contributed by atoms with E-state index in [1.807, 2.05) is 31.4 Å². The van der Waals surface area contributed by atoms with Crippen LogP contribution in [0.3, 0.4) is 0 Å². The quantitative estimate of drug-likeness (QED) is 0.697. The molecule has 8 heteroatoms. The van der Waals surface area contributed by atoms with Gasteiger partial charge in [0.2, 0.25) is 0 Å². The molecular formula is C22H27FN6O. The number of nitrogens with zero attached hydrogens (tertiary/aromatic N) is 5. The fourth-order valence-corrected chi connectivity index (χ4v) is 3.91. The van der Waals surface area contributed by atoms with Crippen molar-refractivity contribution in [1.29, 1.82) is 0 Å². The van der Waals surface area contributed by atoms with Crippen molar-refractivity contribution in [3.05, 3.63) is 36.7 Å². The number of aromatic nitrogens is 4. The second kappa shape index (κ2) is 8.10. The minimum Gasteiger partial charge on any atom is -0.308 e. The van der Waals surface area contributed by atoms with E-state index in [4.69, 9.17) is 0 Å². The number of anilines is 1. The van der Waals surface area contributed by atoms with Crippen LogP contribution in [0.1, 0.15) is 26.7 Å². The Morgan fingerprint density at radius 3 is 2.67 bits per heavy atom. The summed E-state index contributed by atoms with van der Waals surface area (Å²) in [5.41, 5.74) is -0.178. The molecule has 158 valence electrons. The van der Waals surface area contributed by atoms with Crippen LogP contribution in [0.15, 0.2) is 36.7 Å². The Labute approximate surface area is 175 Å².